The van der Waals surface area contributed by atoms with Crippen LogP contribution in [-0.4, -0.2) is 64.4 Å². The van der Waals surface area contributed by atoms with Crippen molar-refractivity contribution in [1.82, 2.24) is 25.7 Å². The van der Waals surface area contributed by atoms with E-state index in [9.17, 15) is 22.8 Å². The van der Waals surface area contributed by atoms with Gasteiger partial charge in [0.2, 0.25) is 5.82 Å². The minimum absolute atomic E-state index is 0.147. The molecule has 2 rings (SSSR count). The maximum Gasteiger partial charge on any atom is 0.471 e. The molecule has 0 radical (unpaired) electrons. The zero-order valence-electron chi connectivity index (χ0n) is 17.8. The molecule has 176 valence electrons. The van der Waals surface area contributed by atoms with E-state index in [-0.39, 0.29) is 17.8 Å². The van der Waals surface area contributed by atoms with Crippen LogP contribution in [0.15, 0.2) is 28.8 Å². The van der Waals surface area contributed by atoms with Crippen molar-refractivity contribution in [1.29, 1.82) is 0 Å². The summed E-state index contributed by atoms with van der Waals surface area (Å²) < 4.78 is 42.0. The van der Waals surface area contributed by atoms with E-state index in [4.69, 9.17) is 5.11 Å². The summed E-state index contributed by atoms with van der Waals surface area (Å²) in [6.45, 7) is 6.46. The zero-order chi connectivity index (χ0) is 23.7. The second kappa shape index (κ2) is 11.5. The van der Waals surface area contributed by atoms with Gasteiger partial charge >= 0.3 is 18.2 Å². The Kier molecular flexibility index (Phi) is 9.00. The Hall–Kier alpha value is -3.15. The Labute approximate surface area is 183 Å². The molecule has 2 aromatic rings. The number of hydrogen-bond donors (Lipinski definition) is 3. The van der Waals surface area contributed by atoms with E-state index in [1.807, 2.05) is 13.8 Å². The van der Waals surface area contributed by atoms with Crippen LogP contribution in [0.2, 0.25) is 0 Å². The van der Waals surface area contributed by atoms with Crippen LogP contribution in [-0.2, 0) is 6.18 Å². The molecule has 32 heavy (non-hydrogen) atoms. The molecule has 2 amide bonds. The van der Waals surface area contributed by atoms with Crippen LogP contribution in [0.1, 0.15) is 42.9 Å². The Morgan fingerprint density at radius 3 is 2.47 bits per heavy atom. The second-order valence-electron chi connectivity index (χ2n) is 7.21. The van der Waals surface area contributed by atoms with Crippen LogP contribution in [0.3, 0.4) is 0 Å². The number of nitrogens with one attached hydrogen (secondary N) is 2. The van der Waals surface area contributed by atoms with E-state index in [0.717, 1.165) is 25.9 Å². The van der Waals surface area contributed by atoms with Gasteiger partial charge in [0.1, 0.15) is 0 Å². The normalized spacial score (nSPS) is 12.6. The monoisotopic (exact) mass is 457 g/mol. The SMILES string of the molecule is CCN(CCCCNC(=O)O)CC(C)NC(=O)c1ccc(-c2noc(C(F)(F)F)n2)cc1. The smallest absolute Gasteiger partial charge is 0.465 e. The Bertz CT molecular complexity index is 886. The molecule has 0 saturated heterocycles. The lowest BCUT2D eigenvalue weighted by Gasteiger charge is -2.25. The molecular weight excluding hydrogens is 431 g/mol. The molecule has 9 nitrogen and oxygen atoms in total. The van der Waals surface area contributed by atoms with E-state index < -0.39 is 18.2 Å². The van der Waals surface area contributed by atoms with Gasteiger partial charge < -0.3 is 25.2 Å². The van der Waals surface area contributed by atoms with Gasteiger partial charge in [-0.1, -0.05) is 24.2 Å². The first-order valence-corrected chi connectivity index (χ1v) is 10.1. The molecule has 0 aliphatic heterocycles. The number of carbonyl (C=O) groups excluding carboxylic acids is 1. The minimum Gasteiger partial charge on any atom is -0.465 e. The van der Waals surface area contributed by atoms with Crippen LogP contribution in [0, 0.1) is 0 Å². The third kappa shape index (κ3) is 7.84. The number of carbonyl (C=O) groups is 2. The maximum atomic E-state index is 12.6. The molecule has 12 heteroatoms. The van der Waals surface area contributed by atoms with Crippen molar-refractivity contribution < 1.29 is 32.4 Å². The van der Waals surface area contributed by atoms with E-state index >= 15 is 0 Å². The topological polar surface area (TPSA) is 121 Å². The number of likely N-dealkylation sites (N-methyl/N-ethyl adjacent to an activating group) is 1. The zero-order valence-corrected chi connectivity index (χ0v) is 17.8. The molecular formula is C20H26F3N5O4. The third-order valence-corrected chi connectivity index (χ3v) is 4.61. The van der Waals surface area contributed by atoms with Crippen molar-refractivity contribution in [3.05, 3.63) is 35.7 Å². The lowest BCUT2D eigenvalue weighted by Crippen LogP contribution is -2.42. The highest BCUT2D eigenvalue weighted by Gasteiger charge is 2.38. The summed E-state index contributed by atoms with van der Waals surface area (Å²) in [5.74, 6) is -1.95. The van der Waals surface area contributed by atoms with E-state index in [2.05, 4.69) is 30.2 Å². The first-order valence-electron chi connectivity index (χ1n) is 10.1. The average Bonchev–Trinajstić information content (AvgIpc) is 3.23. The standard InChI is InChI=1S/C20H26F3N5O4/c1-3-28(11-5-4-10-24-19(30)31)12-13(2)25-17(29)15-8-6-14(7-9-15)16-26-18(32-27-16)20(21,22)23/h6-9,13,24H,3-5,10-12H2,1-2H3,(H,25,29)(H,30,31). The van der Waals surface area contributed by atoms with Gasteiger partial charge in [-0.25, -0.2) is 4.79 Å². The first-order chi connectivity index (χ1) is 15.1. The number of nitrogens with zero attached hydrogens (tertiary/aromatic N) is 3. The molecule has 1 unspecified atom stereocenters. The Morgan fingerprint density at radius 2 is 1.91 bits per heavy atom. The number of alkyl halides is 3. The van der Waals surface area contributed by atoms with Gasteiger partial charge in [0.05, 0.1) is 0 Å². The maximum absolute atomic E-state index is 12.6. The average molecular weight is 457 g/mol. The highest BCUT2D eigenvalue weighted by atomic mass is 19.4. The number of rotatable bonds is 11. The fourth-order valence-electron chi connectivity index (χ4n) is 3.00. The number of benzene rings is 1. The Balaban J connectivity index is 1.84. The summed E-state index contributed by atoms with van der Waals surface area (Å²) in [5, 5.41) is 17.1. The van der Waals surface area contributed by atoms with Crippen molar-refractivity contribution in [2.75, 3.05) is 26.2 Å². The van der Waals surface area contributed by atoms with Crippen molar-refractivity contribution in [3.63, 3.8) is 0 Å². The Morgan fingerprint density at radius 1 is 1.22 bits per heavy atom. The number of aromatic nitrogens is 2. The molecule has 0 fully saturated rings. The molecule has 0 spiro atoms. The highest BCUT2D eigenvalue weighted by Crippen LogP contribution is 2.29. The summed E-state index contributed by atoms with van der Waals surface area (Å²) in [4.78, 5) is 28.4. The number of unbranched alkanes of at least 4 members (excludes halogenated alkanes) is 1. The minimum atomic E-state index is -4.72. The van der Waals surface area contributed by atoms with Gasteiger partial charge in [0.25, 0.3) is 5.91 Å². The van der Waals surface area contributed by atoms with Gasteiger partial charge in [0, 0.05) is 30.3 Å². The number of halogens is 3. The van der Waals surface area contributed by atoms with Crippen LogP contribution < -0.4 is 10.6 Å². The molecule has 1 aromatic carbocycles. The predicted molar refractivity (Wildman–Crippen MR) is 109 cm³/mol. The van der Waals surface area contributed by atoms with Gasteiger partial charge in [-0.05, 0) is 45.0 Å². The molecule has 3 N–H and O–H groups in total. The predicted octanol–water partition coefficient (Wildman–Crippen LogP) is 3.24. The quantitative estimate of drug-likeness (QED) is 0.443. The van der Waals surface area contributed by atoms with Crippen LogP contribution in [0.4, 0.5) is 18.0 Å². The van der Waals surface area contributed by atoms with Crippen molar-refractivity contribution in [2.24, 2.45) is 0 Å². The molecule has 1 heterocycles. The van der Waals surface area contributed by atoms with Crippen LogP contribution in [0.25, 0.3) is 11.4 Å². The van der Waals surface area contributed by atoms with Crippen LogP contribution >= 0.6 is 0 Å². The molecule has 1 atom stereocenters. The van der Waals surface area contributed by atoms with Crippen LogP contribution in [0.5, 0.6) is 0 Å². The summed E-state index contributed by atoms with van der Waals surface area (Å²) >= 11 is 0. The van der Waals surface area contributed by atoms with Gasteiger partial charge in [-0.15, -0.1) is 0 Å². The largest absolute Gasteiger partial charge is 0.471 e. The summed E-state index contributed by atoms with van der Waals surface area (Å²) in [5.41, 5.74) is 0.645. The third-order valence-electron chi connectivity index (χ3n) is 4.61. The van der Waals surface area contributed by atoms with Crippen molar-refractivity contribution >= 4 is 12.0 Å². The lowest BCUT2D eigenvalue weighted by molar-refractivity contribution is -0.159. The number of amides is 2. The van der Waals surface area contributed by atoms with E-state index in [0.29, 0.717) is 24.2 Å². The van der Waals surface area contributed by atoms with Gasteiger partial charge in [-0.2, -0.15) is 18.2 Å². The molecule has 0 saturated carbocycles. The highest BCUT2D eigenvalue weighted by molar-refractivity contribution is 5.94. The second-order valence-corrected chi connectivity index (χ2v) is 7.21. The number of carboxylic acid groups (broad SMARTS) is 1. The summed E-state index contributed by atoms with van der Waals surface area (Å²) in [6.07, 6.45) is -4.21. The molecule has 0 aliphatic rings. The van der Waals surface area contributed by atoms with Gasteiger partial charge in [0.15, 0.2) is 0 Å². The lowest BCUT2D eigenvalue weighted by atomic mass is 10.1. The van der Waals surface area contributed by atoms with E-state index in [1.54, 1.807) is 0 Å². The first kappa shape index (κ1) is 25.1. The van der Waals surface area contributed by atoms with Crippen molar-refractivity contribution in [3.8, 4) is 11.4 Å². The summed E-state index contributed by atoms with van der Waals surface area (Å²) in [7, 11) is 0. The molecule has 0 bridgehead atoms. The number of hydrogen-bond acceptors (Lipinski definition) is 6. The van der Waals surface area contributed by atoms with E-state index in [1.165, 1.54) is 24.3 Å². The fourth-order valence-corrected chi connectivity index (χ4v) is 3.00. The fraction of sp³-hybridized carbons (Fsp3) is 0.500. The molecule has 1 aromatic heterocycles. The summed E-state index contributed by atoms with van der Waals surface area (Å²) in [6, 6.07) is 5.72. The van der Waals surface area contributed by atoms with Crippen molar-refractivity contribution in [2.45, 2.75) is 38.9 Å². The molecule has 0 aliphatic carbocycles. The van der Waals surface area contributed by atoms with Gasteiger partial charge in [-0.3, -0.25) is 4.79 Å².